The number of nitrogens with one attached hydrogen (secondary N) is 1. The predicted molar refractivity (Wildman–Crippen MR) is 65.9 cm³/mol. The van der Waals surface area contributed by atoms with Crippen molar-refractivity contribution in [2.45, 2.75) is 26.3 Å². The zero-order valence-electron chi connectivity index (χ0n) is 9.98. The van der Waals surface area contributed by atoms with Crippen LogP contribution in [0.2, 0.25) is 0 Å². The van der Waals surface area contributed by atoms with Gasteiger partial charge in [0, 0.05) is 24.8 Å². The Balaban J connectivity index is 2.49. The first-order chi connectivity index (χ1) is 8.15. The quantitative estimate of drug-likeness (QED) is 0.431. The molecule has 1 aromatic carbocycles. The summed E-state index contributed by atoms with van der Waals surface area (Å²) in [7, 11) is 0. The lowest BCUT2D eigenvalue weighted by molar-refractivity contribution is -0.385. The Morgan fingerprint density at radius 1 is 1.41 bits per heavy atom. The van der Waals surface area contributed by atoms with Gasteiger partial charge in [-0.15, -0.1) is 0 Å². The van der Waals surface area contributed by atoms with Crippen LogP contribution in [0.4, 0.5) is 5.69 Å². The Morgan fingerprint density at radius 3 is 2.82 bits per heavy atom. The van der Waals surface area contributed by atoms with Gasteiger partial charge >= 0.3 is 0 Å². The summed E-state index contributed by atoms with van der Waals surface area (Å²) in [6.45, 7) is 3.36. The molecule has 0 aromatic heterocycles. The van der Waals surface area contributed by atoms with Crippen LogP contribution in [0.5, 0.6) is 0 Å². The molecule has 0 aliphatic carbocycles. The first-order valence-corrected chi connectivity index (χ1v) is 5.70. The lowest BCUT2D eigenvalue weighted by atomic mass is 10.1. The first-order valence-electron chi connectivity index (χ1n) is 5.70. The van der Waals surface area contributed by atoms with Gasteiger partial charge in [0.25, 0.3) is 5.69 Å². The molecule has 94 valence electrons. The Morgan fingerprint density at radius 2 is 2.18 bits per heavy atom. The fourth-order valence-electron chi connectivity index (χ4n) is 1.56. The number of aliphatic hydroxyl groups excluding tert-OH is 1. The Hall–Kier alpha value is -1.46. The third-order valence-electron chi connectivity index (χ3n) is 2.56. The molecule has 5 nitrogen and oxygen atoms in total. The van der Waals surface area contributed by atoms with E-state index < -0.39 is 0 Å². The molecule has 0 aliphatic heterocycles. The molecule has 17 heavy (non-hydrogen) atoms. The van der Waals surface area contributed by atoms with Crippen molar-refractivity contribution in [2.75, 3.05) is 13.2 Å². The molecule has 0 saturated heterocycles. The highest BCUT2D eigenvalue weighted by Crippen LogP contribution is 2.18. The molecular weight excluding hydrogens is 220 g/mol. The van der Waals surface area contributed by atoms with Crippen LogP contribution in [0.3, 0.4) is 0 Å². The number of benzene rings is 1. The SMILES string of the molecule is Cc1ccc(CNCCCCO)cc1[N+](=O)[O-]. The lowest BCUT2D eigenvalue weighted by Gasteiger charge is -2.05. The summed E-state index contributed by atoms with van der Waals surface area (Å²) < 4.78 is 0. The number of hydrogen-bond donors (Lipinski definition) is 2. The number of aliphatic hydroxyl groups is 1. The molecule has 2 N–H and O–H groups in total. The third-order valence-corrected chi connectivity index (χ3v) is 2.56. The normalized spacial score (nSPS) is 10.5. The topological polar surface area (TPSA) is 75.4 Å². The van der Waals surface area contributed by atoms with Crippen molar-refractivity contribution < 1.29 is 10.0 Å². The third kappa shape index (κ3) is 4.50. The van der Waals surface area contributed by atoms with Gasteiger partial charge in [0.05, 0.1) is 4.92 Å². The fraction of sp³-hybridized carbons (Fsp3) is 0.500. The molecule has 0 saturated carbocycles. The standard InChI is InChI=1S/C12H18N2O3/c1-10-4-5-11(8-12(10)14(16)17)9-13-6-2-3-7-15/h4-5,8,13,15H,2-3,6-7,9H2,1H3. The van der Waals surface area contributed by atoms with E-state index in [1.807, 2.05) is 6.07 Å². The Bertz CT molecular complexity index is 380. The second kappa shape index (κ2) is 6.98. The van der Waals surface area contributed by atoms with Crippen molar-refractivity contribution in [3.8, 4) is 0 Å². The number of nitrogens with zero attached hydrogens (tertiary/aromatic N) is 1. The highest BCUT2D eigenvalue weighted by atomic mass is 16.6. The van der Waals surface area contributed by atoms with E-state index in [1.54, 1.807) is 19.1 Å². The Labute approximate surface area is 101 Å². The van der Waals surface area contributed by atoms with Crippen molar-refractivity contribution in [3.05, 3.63) is 39.4 Å². The minimum atomic E-state index is -0.357. The van der Waals surface area contributed by atoms with Crippen LogP contribution < -0.4 is 5.32 Å². The number of nitro groups is 1. The van der Waals surface area contributed by atoms with Gasteiger partial charge in [-0.25, -0.2) is 0 Å². The van der Waals surface area contributed by atoms with Crippen LogP contribution >= 0.6 is 0 Å². The average Bonchev–Trinajstić information content (AvgIpc) is 2.30. The summed E-state index contributed by atoms with van der Waals surface area (Å²) >= 11 is 0. The van der Waals surface area contributed by atoms with Crippen LogP contribution in [0.15, 0.2) is 18.2 Å². The minimum absolute atomic E-state index is 0.166. The molecule has 0 unspecified atom stereocenters. The summed E-state index contributed by atoms with van der Waals surface area (Å²) in [5, 5.41) is 22.5. The smallest absolute Gasteiger partial charge is 0.272 e. The molecule has 0 spiro atoms. The van der Waals surface area contributed by atoms with E-state index in [0.717, 1.165) is 24.9 Å². The van der Waals surface area contributed by atoms with Crippen LogP contribution in [0.25, 0.3) is 0 Å². The van der Waals surface area contributed by atoms with Crippen molar-refractivity contribution in [2.24, 2.45) is 0 Å². The predicted octanol–water partition coefficient (Wildman–Crippen LogP) is 1.77. The van der Waals surface area contributed by atoms with E-state index >= 15 is 0 Å². The molecule has 5 heteroatoms. The molecule has 1 aromatic rings. The van der Waals surface area contributed by atoms with E-state index in [9.17, 15) is 10.1 Å². The van der Waals surface area contributed by atoms with Crippen molar-refractivity contribution in [3.63, 3.8) is 0 Å². The van der Waals surface area contributed by atoms with Crippen molar-refractivity contribution >= 4 is 5.69 Å². The van der Waals surface area contributed by atoms with Gasteiger partial charge < -0.3 is 10.4 Å². The lowest BCUT2D eigenvalue weighted by Crippen LogP contribution is -2.15. The van der Waals surface area contributed by atoms with E-state index in [0.29, 0.717) is 12.1 Å². The second-order valence-corrected chi connectivity index (χ2v) is 3.99. The maximum Gasteiger partial charge on any atom is 0.272 e. The summed E-state index contributed by atoms with van der Waals surface area (Å²) in [4.78, 5) is 10.4. The molecule has 0 bridgehead atoms. The van der Waals surface area contributed by atoms with Gasteiger partial charge in [0.15, 0.2) is 0 Å². The van der Waals surface area contributed by atoms with E-state index in [4.69, 9.17) is 5.11 Å². The van der Waals surface area contributed by atoms with E-state index in [1.165, 1.54) is 0 Å². The number of nitro benzene ring substituents is 1. The maximum absolute atomic E-state index is 10.7. The number of unbranched alkanes of at least 4 members (excludes halogenated alkanes) is 1. The first kappa shape index (κ1) is 13.6. The minimum Gasteiger partial charge on any atom is -0.396 e. The van der Waals surface area contributed by atoms with Crippen LogP contribution in [0.1, 0.15) is 24.0 Å². The van der Waals surface area contributed by atoms with Gasteiger partial charge in [-0.2, -0.15) is 0 Å². The van der Waals surface area contributed by atoms with E-state index in [2.05, 4.69) is 5.32 Å². The molecule has 0 aliphatic rings. The monoisotopic (exact) mass is 238 g/mol. The summed E-state index contributed by atoms with van der Waals surface area (Å²) in [6, 6.07) is 5.26. The molecule has 0 atom stereocenters. The summed E-state index contributed by atoms with van der Waals surface area (Å²) in [5.41, 5.74) is 1.75. The average molecular weight is 238 g/mol. The molecular formula is C12H18N2O3. The van der Waals surface area contributed by atoms with Crippen LogP contribution in [-0.2, 0) is 6.54 Å². The summed E-state index contributed by atoms with van der Waals surface area (Å²) in [6.07, 6.45) is 1.69. The molecule has 0 radical (unpaired) electrons. The summed E-state index contributed by atoms with van der Waals surface area (Å²) in [5.74, 6) is 0. The molecule has 0 fully saturated rings. The van der Waals surface area contributed by atoms with Gasteiger partial charge in [0.1, 0.15) is 0 Å². The number of aryl methyl sites for hydroxylation is 1. The van der Waals surface area contributed by atoms with Gasteiger partial charge in [-0.1, -0.05) is 12.1 Å². The zero-order valence-corrected chi connectivity index (χ0v) is 9.98. The molecule has 1 rings (SSSR count). The van der Waals surface area contributed by atoms with E-state index in [-0.39, 0.29) is 17.2 Å². The number of hydrogen-bond acceptors (Lipinski definition) is 4. The fourth-order valence-corrected chi connectivity index (χ4v) is 1.56. The van der Waals surface area contributed by atoms with Gasteiger partial charge in [-0.3, -0.25) is 10.1 Å². The van der Waals surface area contributed by atoms with Crippen LogP contribution in [-0.4, -0.2) is 23.2 Å². The second-order valence-electron chi connectivity index (χ2n) is 3.99. The Kier molecular flexibility index (Phi) is 5.59. The largest absolute Gasteiger partial charge is 0.396 e. The zero-order chi connectivity index (χ0) is 12.7. The van der Waals surface area contributed by atoms with Gasteiger partial charge in [0.2, 0.25) is 0 Å². The van der Waals surface area contributed by atoms with Crippen LogP contribution in [0, 0.1) is 17.0 Å². The van der Waals surface area contributed by atoms with Crippen molar-refractivity contribution in [1.29, 1.82) is 0 Å². The molecule has 0 heterocycles. The van der Waals surface area contributed by atoms with Gasteiger partial charge in [-0.05, 0) is 31.9 Å². The highest BCUT2D eigenvalue weighted by Gasteiger charge is 2.10. The highest BCUT2D eigenvalue weighted by molar-refractivity contribution is 5.42. The van der Waals surface area contributed by atoms with Crippen molar-refractivity contribution in [1.82, 2.24) is 5.32 Å². The number of rotatable bonds is 7. The maximum atomic E-state index is 10.7. The molecule has 0 amide bonds.